The Morgan fingerprint density at radius 2 is 1.84 bits per heavy atom. The number of thioether (sulfide) groups is 1. The van der Waals surface area contributed by atoms with Crippen LogP contribution in [0.15, 0.2) is 52.5 Å². The van der Waals surface area contributed by atoms with Crippen LogP contribution in [0.25, 0.3) is 11.0 Å². The summed E-state index contributed by atoms with van der Waals surface area (Å²) in [5.41, 5.74) is 0.836. The number of nitrogens with zero attached hydrogens (tertiary/aromatic N) is 2. The number of aryl methyl sites for hydroxylation is 1. The highest BCUT2D eigenvalue weighted by atomic mass is 32.2. The van der Waals surface area contributed by atoms with Crippen LogP contribution in [0.2, 0.25) is 0 Å². The zero-order valence-corrected chi connectivity index (χ0v) is 19.1. The number of carbonyl (C=O) groups excluding carboxylic acids is 1. The number of sulfone groups is 1. The van der Waals surface area contributed by atoms with Crippen molar-refractivity contribution >= 4 is 38.5 Å². The van der Waals surface area contributed by atoms with Gasteiger partial charge in [0.05, 0.1) is 27.2 Å². The maximum absolute atomic E-state index is 13.1. The molecule has 11 heteroatoms. The zero-order chi connectivity index (χ0) is 23.5. The molecule has 0 radical (unpaired) electrons. The fraction of sp³-hybridized carbons (Fsp3) is 0.333. The number of fused-ring (bicyclic) bond motifs is 1. The number of imidazole rings is 1. The van der Waals surface area contributed by atoms with Gasteiger partial charge >= 0.3 is 6.18 Å². The maximum Gasteiger partial charge on any atom is 0.416 e. The van der Waals surface area contributed by atoms with Crippen LogP contribution in [0, 0.1) is 0 Å². The molecule has 1 heterocycles. The van der Waals surface area contributed by atoms with Gasteiger partial charge < -0.3 is 9.88 Å². The lowest BCUT2D eigenvalue weighted by molar-refractivity contribution is -0.137. The van der Waals surface area contributed by atoms with E-state index in [2.05, 4.69) is 10.3 Å². The highest BCUT2D eigenvalue weighted by Crippen LogP contribution is 2.33. The molecule has 0 atom stereocenters. The van der Waals surface area contributed by atoms with Gasteiger partial charge in [0.15, 0.2) is 15.0 Å². The Labute approximate surface area is 188 Å². The number of carbonyl (C=O) groups is 1. The van der Waals surface area contributed by atoms with Crippen LogP contribution in [0.4, 0.5) is 13.2 Å². The first kappa shape index (κ1) is 24.1. The molecule has 0 aliphatic rings. The molecular formula is C21H22F3N3O3S2. The Kier molecular flexibility index (Phi) is 7.19. The summed E-state index contributed by atoms with van der Waals surface area (Å²) >= 11 is 1.15. The molecular weight excluding hydrogens is 463 g/mol. The molecule has 2 aromatic carbocycles. The van der Waals surface area contributed by atoms with Gasteiger partial charge in [-0.2, -0.15) is 13.2 Å². The molecule has 6 nitrogen and oxygen atoms in total. The number of alkyl halides is 3. The van der Waals surface area contributed by atoms with E-state index in [4.69, 9.17) is 0 Å². The third kappa shape index (κ3) is 5.83. The van der Waals surface area contributed by atoms with Gasteiger partial charge in [-0.15, -0.1) is 0 Å². The van der Waals surface area contributed by atoms with Gasteiger partial charge in [-0.05, 0) is 42.3 Å². The molecule has 0 unspecified atom stereocenters. The van der Waals surface area contributed by atoms with Crippen molar-refractivity contribution in [1.29, 1.82) is 0 Å². The number of hydrogen-bond donors (Lipinski definition) is 1. The third-order valence-corrected chi connectivity index (χ3v) is 6.77. The molecule has 3 rings (SSSR count). The first-order valence-corrected chi connectivity index (χ1v) is 12.6. The largest absolute Gasteiger partial charge is 0.416 e. The summed E-state index contributed by atoms with van der Waals surface area (Å²) in [6.07, 6.45) is -2.62. The number of rotatable bonds is 8. The lowest BCUT2D eigenvalue weighted by Crippen LogP contribution is -2.24. The zero-order valence-electron chi connectivity index (χ0n) is 17.4. The minimum absolute atomic E-state index is 0.0422. The maximum atomic E-state index is 13.1. The molecule has 0 bridgehead atoms. The van der Waals surface area contributed by atoms with Crippen LogP contribution in [0.5, 0.6) is 0 Å². The Bertz CT molecular complexity index is 1220. The summed E-state index contributed by atoms with van der Waals surface area (Å²) in [6, 6.07) is 9.64. The molecule has 0 spiro atoms. The van der Waals surface area contributed by atoms with E-state index in [1.807, 2.05) is 6.92 Å². The second-order valence-corrected chi connectivity index (χ2v) is 10.2. The lowest BCUT2D eigenvalue weighted by atomic mass is 10.2. The fourth-order valence-corrected chi connectivity index (χ4v) is 4.56. The Hall–Kier alpha value is -2.53. The molecule has 172 valence electrons. The normalized spacial score (nSPS) is 12.3. The van der Waals surface area contributed by atoms with Crippen molar-refractivity contribution in [2.45, 2.75) is 42.7 Å². The molecule has 1 aromatic heterocycles. The SMILES string of the molecule is CCCn1c(SCC(=O)NCc2ccc(S(C)(=O)=O)cc2)nc2ccc(C(F)(F)F)cc21. The number of halogens is 3. The van der Waals surface area contributed by atoms with Crippen molar-refractivity contribution < 1.29 is 26.4 Å². The van der Waals surface area contributed by atoms with Crippen LogP contribution in [0.1, 0.15) is 24.5 Å². The van der Waals surface area contributed by atoms with Crippen LogP contribution in [-0.4, -0.2) is 35.9 Å². The summed E-state index contributed by atoms with van der Waals surface area (Å²) in [7, 11) is -3.28. The van der Waals surface area contributed by atoms with Gasteiger partial charge in [0.1, 0.15) is 0 Å². The van der Waals surface area contributed by atoms with Gasteiger partial charge in [0, 0.05) is 19.3 Å². The second-order valence-electron chi connectivity index (χ2n) is 7.23. The quantitative estimate of drug-likeness (QED) is 0.482. The average Bonchev–Trinajstić information content (AvgIpc) is 3.07. The highest BCUT2D eigenvalue weighted by Gasteiger charge is 2.31. The van der Waals surface area contributed by atoms with Gasteiger partial charge in [-0.3, -0.25) is 4.79 Å². The number of aromatic nitrogens is 2. The number of amides is 1. The highest BCUT2D eigenvalue weighted by molar-refractivity contribution is 7.99. The summed E-state index contributed by atoms with van der Waals surface area (Å²) in [5, 5.41) is 3.23. The summed E-state index contributed by atoms with van der Waals surface area (Å²) in [4.78, 5) is 16.9. The predicted molar refractivity (Wildman–Crippen MR) is 117 cm³/mol. The van der Waals surface area contributed by atoms with Crippen molar-refractivity contribution in [1.82, 2.24) is 14.9 Å². The van der Waals surface area contributed by atoms with E-state index in [0.717, 1.165) is 35.7 Å². The van der Waals surface area contributed by atoms with Crippen molar-refractivity contribution in [3.63, 3.8) is 0 Å². The number of nitrogens with one attached hydrogen (secondary N) is 1. The predicted octanol–water partition coefficient (Wildman–Crippen LogP) is 4.28. The van der Waals surface area contributed by atoms with E-state index in [1.165, 1.54) is 18.2 Å². The first-order valence-electron chi connectivity index (χ1n) is 9.75. The van der Waals surface area contributed by atoms with Crippen molar-refractivity contribution in [2.24, 2.45) is 0 Å². The first-order chi connectivity index (χ1) is 15.0. The molecule has 1 N–H and O–H groups in total. The van der Waals surface area contributed by atoms with E-state index >= 15 is 0 Å². The Morgan fingerprint density at radius 1 is 1.16 bits per heavy atom. The van der Waals surface area contributed by atoms with Crippen molar-refractivity contribution in [2.75, 3.05) is 12.0 Å². The third-order valence-electron chi connectivity index (χ3n) is 4.66. The molecule has 0 aliphatic carbocycles. The minimum atomic E-state index is -4.44. The van der Waals surface area contributed by atoms with Crippen LogP contribution < -0.4 is 5.32 Å². The fourth-order valence-electron chi connectivity index (χ4n) is 3.06. The molecule has 0 fully saturated rings. The Morgan fingerprint density at radius 3 is 2.44 bits per heavy atom. The van der Waals surface area contributed by atoms with Gasteiger partial charge in [-0.25, -0.2) is 13.4 Å². The number of hydrogen-bond acceptors (Lipinski definition) is 5. The minimum Gasteiger partial charge on any atom is -0.351 e. The molecule has 0 saturated heterocycles. The van der Waals surface area contributed by atoms with Gasteiger partial charge in [-0.1, -0.05) is 30.8 Å². The van der Waals surface area contributed by atoms with Crippen LogP contribution in [0.3, 0.4) is 0 Å². The average molecular weight is 486 g/mol. The molecule has 3 aromatic rings. The monoisotopic (exact) mass is 485 g/mol. The number of benzene rings is 2. The van der Waals surface area contributed by atoms with Gasteiger partial charge in [0.2, 0.25) is 5.91 Å². The van der Waals surface area contributed by atoms with E-state index in [0.29, 0.717) is 29.2 Å². The molecule has 0 saturated carbocycles. The smallest absolute Gasteiger partial charge is 0.351 e. The molecule has 0 aliphatic heterocycles. The van der Waals surface area contributed by atoms with E-state index < -0.39 is 21.6 Å². The van der Waals surface area contributed by atoms with E-state index in [1.54, 1.807) is 16.7 Å². The van der Waals surface area contributed by atoms with E-state index in [-0.39, 0.29) is 23.1 Å². The second kappa shape index (κ2) is 9.53. The van der Waals surface area contributed by atoms with Crippen molar-refractivity contribution in [3.05, 3.63) is 53.6 Å². The molecule has 1 amide bonds. The standard InChI is InChI=1S/C21H22F3N3O3S2/c1-3-10-27-18-11-15(21(22,23)24)6-9-17(18)26-20(27)31-13-19(28)25-12-14-4-7-16(8-5-14)32(2,29)30/h4-9,11H,3,10,12-13H2,1-2H3,(H,25,28). The van der Waals surface area contributed by atoms with Crippen LogP contribution in [-0.2, 0) is 33.9 Å². The topological polar surface area (TPSA) is 81.1 Å². The summed E-state index contributed by atoms with van der Waals surface area (Å²) < 4.78 is 63.9. The summed E-state index contributed by atoms with van der Waals surface area (Å²) in [5.74, 6) is -0.228. The molecule has 32 heavy (non-hydrogen) atoms. The van der Waals surface area contributed by atoms with E-state index in [9.17, 15) is 26.4 Å². The van der Waals surface area contributed by atoms with Crippen molar-refractivity contribution in [3.8, 4) is 0 Å². The lowest BCUT2D eigenvalue weighted by Gasteiger charge is -2.10. The van der Waals surface area contributed by atoms with Gasteiger partial charge in [0.25, 0.3) is 0 Å². The summed E-state index contributed by atoms with van der Waals surface area (Å²) in [6.45, 7) is 2.62. The Balaban J connectivity index is 1.67. The van der Waals surface area contributed by atoms with Crippen LogP contribution >= 0.6 is 11.8 Å².